The summed E-state index contributed by atoms with van der Waals surface area (Å²) in [6.07, 6.45) is -0.351. The molecule has 2 N–H and O–H groups in total. The van der Waals surface area contributed by atoms with Crippen LogP contribution < -0.4 is 5.32 Å². The molecule has 38 heavy (non-hydrogen) atoms. The van der Waals surface area contributed by atoms with Gasteiger partial charge in [-0.2, -0.15) is 4.73 Å². The van der Waals surface area contributed by atoms with Gasteiger partial charge in [-0.3, -0.25) is 4.79 Å². The van der Waals surface area contributed by atoms with Crippen molar-refractivity contribution in [1.29, 1.82) is 0 Å². The van der Waals surface area contributed by atoms with Crippen LogP contribution in [-0.2, 0) is 5.92 Å². The lowest BCUT2D eigenvalue weighted by Gasteiger charge is -2.18. The van der Waals surface area contributed by atoms with E-state index in [9.17, 15) is 18.8 Å². The van der Waals surface area contributed by atoms with Crippen LogP contribution in [0.1, 0.15) is 71.5 Å². The number of carbonyl (C=O) groups excluding carboxylic acids is 1. The number of hydrogen-bond donors (Lipinski definition) is 2. The van der Waals surface area contributed by atoms with Crippen LogP contribution in [0.3, 0.4) is 0 Å². The molecule has 4 rings (SSSR count). The predicted molar refractivity (Wildman–Crippen MR) is 147 cm³/mol. The first-order chi connectivity index (χ1) is 17.9. The van der Waals surface area contributed by atoms with Crippen LogP contribution in [-0.4, -0.2) is 20.8 Å². The van der Waals surface area contributed by atoms with E-state index in [0.29, 0.717) is 11.3 Å². The van der Waals surface area contributed by atoms with Crippen molar-refractivity contribution in [2.45, 2.75) is 59.8 Å². The number of rotatable bonds is 7. The van der Waals surface area contributed by atoms with Crippen molar-refractivity contribution in [2.24, 2.45) is 0 Å². The molecule has 1 aromatic heterocycles. The van der Waals surface area contributed by atoms with Crippen LogP contribution in [0.2, 0.25) is 0 Å². The van der Waals surface area contributed by atoms with Gasteiger partial charge in [0.25, 0.3) is 11.8 Å². The van der Waals surface area contributed by atoms with Gasteiger partial charge < -0.3 is 10.5 Å². The Labute approximate surface area is 222 Å². The van der Waals surface area contributed by atoms with E-state index in [1.54, 1.807) is 6.92 Å². The number of nitrogens with one attached hydrogen (secondary N) is 1. The van der Waals surface area contributed by atoms with Gasteiger partial charge in [0, 0.05) is 23.2 Å². The number of aryl methyl sites for hydroxylation is 3. The van der Waals surface area contributed by atoms with E-state index < -0.39 is 11.8 Å². The maximum absolute atomic E-state index is 14.2. The molecule has 0 bridgehead atoms. The van der Waals surface area contributed by atoms with Gasteiger partial charge in [0.15, 0.2) is 11.5 Å². The van der Waals surface area contributed by atoms with Crippen LogP contribution in [0.4, 0.5) is 14.5 Å². The van der Waals surface area contributed by atoms with E-state index in [-0.39, 0.29) is 35.1 Å². The quantitative estimate of drug-likeness (QED) is 0.243. The maximum atomic E-state index is 14.2. The van der Waals surface area contributed by atoms with E-state index >= 15 is 0 Å². The lowest BCUT2D eigenvalue weighted by molar-refractivity contribution is -0.00824. The average Bonchev–Trinajstić information content (AvgIpc) is 3.17. The van der Waals surface area contributed by atoms with E-state index in [1.807, 2.05) is 24.3 Å². The number of alkyl halides is 2. The first-order valence-corrected chi connectivity index (χ1v) is 12.7. The lowest BCUT2D eigenvalue weighted by atomic mass is 9.87. The third-order valence-electron chi connectivity index (χ3n) is 6.91. The number of anilines is 1. The van der Waals surface area contributed by atoms with Crippen molar-refractivity contribution in [3.63, 3.8) is 0 Å². The van der Waals surface area contributed by atoms with E-state index in [1.165, 1.54) is 36.8 Å². The second-order valence-electron chi connectivity index (χ2n) is 10.00. The molecule has 5 nitrogen and oxygen atoms in total. The van der Waals surface area contributed by atoms with Crippen molar-refractivity contribution < 1.29 is 18.8 Å². The molecule has 0 aliphatic heterocycles. The average molecular weight is 518 g/mol. The predicted octanol–water partition coefficient (Wildman–Crippen LogP) is 8.26. The van der Waals surface area contributed by atoms with Gasteiger partial charge in [0.1, 0.15) is 0 Å². The summed E-state index contributed by atoms with van der Waals surface area (Å²) in [6.45, 7) is 11.4. The van der Waals surface area contributed by atoms with E-state index in [0.717, 1.165) is 27.0 Å². The van der Waals surface area contributed by atoms with Crippen LogP contribution in [0, 0.1) is 20.8 Å². The number of carbonyl (C=O) groups is 1. The number of imidazole rings is 1. The first kappa shape index (κ1) is 27.0. The summed E-state index contributed by atoms with van der Waals surface area (Å²) < 4.78 is 29.1. The molecule has 0 radical (unpaired) electrons. The summed E-state index contributed by atoms with van der Waals surface area (Å²) in [5, 5.41) is 13.7. The van der Waals surface area contributed by atoms with Crippen molar-refractivity contribution >= 4 is 11.6 Å². The summed E-state index contributed by atoms with van der Waals surface area (Å²) >= 11 is 0. The number of amides is 1. The molecule has 0 aliphatic rings. The zero-order valence-corrected chi connectivity index (χ0v) is 22.6. The summed E-state index contributed by atoms with van der Waals surface area (Å²) in [5.74, 6) is -3.15. The third-order valence-corrected chi connectivity index (χ3v) is 6.91. The Morgan fingerprint density at radius 1 is 1.03 bits per heavy atom. The highest BCUT2D eigenvalue weighted by Gasteiger charge is 2.29. The zero-order chi connectivity index (χ0) is 27.8. The summed E-state index contributed by atoms with van der Waals surface area (Å²) in [5.41, 5.74) is 6.57. The summed E-state index contributed by atoms with van der Waals surface area (Å²) in [7, 11) is 0. The Kier molecular flexibility index (Phi) is 7.40. The second kappa shape index (κ2) is 10.4. The monoisotopic (exact) mass is 517 g/mol. The molecule has 4 aromatic rings. The van der Waals surface area contributed by atoms with Crippen LogP contribution in [0.15, 0.2) is 60.7 Å². The minimum absolute atomic E-state index is 0.0609. The number of nitrogens with zero attached hydrogens (tertiary/aromatic N) is 2. The Hall–Kier alpha value is -4.00. The van der Waals surface area contributed by atoms with Gasteiger partial charge in [-0.25, -0.2) is 13.8 Å². The summed E-state index contributed by atoms with van der Waals surface area (Å²) in [6, 6.07) is 17.7. The van der Waals surface area contributed by atoms with Gasteiger partial charge in [-0.15, -0.1) is 0 Å². The fourth-order valence-corrected chi connectivity index (χ4v) is 4.84. The molecule has 0 atom stereocenters. The Bertz CT molecular complexity index is 1480. The Balaban J connectivity index is 1.74. The van der Waals surface area contributed by atoms with Crippen molar-refractivity contribution in [3.8, 4) is 22.5 Å². The fourth-order valence-electron chi connectivity index (χ4n) is 4.84. The van der Waals surface area contributed by atoms with E-state index in [4.69, 9.17) is 0 Å². The molecular weight excluding hydrogens is 484 g/mol. The van der Waals surface area contributed by atoms with Gasteiger partial charge in [-0.1, -0.05) is 63.2 Å². The number of aromatic nitrogens is 2. The smallest absolute Gasteiger partial charge is 0.277 e. The molecular formula is C31H33F2N3O2. The third kappa shape index (κ3) is 5.05. The molecule has 7 heteroatoms. The van der Waals surface area contributed by atoms with Crippen LogP contribution in [0.25, 0.3) is 22.5 Å². The molecule has 1 heterocycles. The molecule has 0 aliphatic carbocycles. The van der Waals surface area contributed by atoms with Gasteiger partial charge >= 0.3 is 0 Å². The summed E-state index contributed by atoms with van der Waals surface area (Å²) in [4.78, 5) is 17.6. The van der Waals surface area contributed by atoms with Gasteiger partial charge in [0.05, 0.1) is 5.69 Å². The maximum Gasteiger partial charge on any atom is 0.277 e. The largest absolute Gasteiger partial charge is 0.426 e. The lowest BCUT2D eigenvalue weighted by Crippen LogP contribution is -2.18. The van der Waals surface area contributed by atoms with Crippen molar-refractivity contribution in [2.75, 3.05) is 5.32 Å². The van der Waals surface area contributed by atoms with Crippen molar-refractivity contribution in [3.05, 3.63) is 94.3 Å². The van der Waals surface area contributed by atoms with Gasteiger partial charge in [0.2, 0.25) is 0 Å². The normalized spacial score (nSPS) is 11.7. The van der Waals surface area contributed by atoms with Crippen LogP contribution in [0.5, 0.6) is 0 Å². The molecule has 0 saturated carbocycles. The Morgan fingerprint density at radius 3 is 2.32 bits per heavy atom. The molecule has 198 valence electrons. The highest BCUT2D eigenvalue weighted by atomic mass is 19.3. The second-order valence-corrected chi connectivity index (χ2v) is 10.00. The topological polar surface area (TPSA) is 67.2 Å². The first-order valence-electron chi connectivity index (χ1n) is 12.7. The zero-order valence-electron chi connectivity index (χ0n) is 22.6. The molecule has 1 amide bonds. The number of hydrogen-bond acceptors (Lipinski definition) is 3. The van der Waals surface area contributed by atoms with E-state index in [2.05, 4.69) is 50.1 Å². The minimum Gasteiger partial charge on any atom is -0.426 e. The Morgan fingerprint density at radius 2 is 1.68 bits per heavy atom. The highest BCUT2D eigenvalue weighted by molar-refractivity contribution is 6.04. The van der Waals surface area contributed by atoms with Gasteiger partial charge in [-0.05, 0) is 72.7 Å². The fraction of sp³-hybridized carbons (Fsp3) is 0.290. The molecule has 0 saturated heterocycles. The molecule has 0 spiro atoms. The van der Waals surface area contributed by atoms with Crippen molar-refractivity contribution in [1.82, 2.24) is 9.71 Å². The highest BCUT2D eigenvalue weighted by Crippen LogP contribution is 2.37. The SMILES string of the molecule is CCC(F)(F)c1cccc(NC(=O)c2c(C)nc(-c3ccc(C(C)C)c(-c4c(C)cccc4C)c3)n2O)c1. The minimum atomic E-state index is -3.00. The standard InChI is InChI=1S/C31H33F2N3O2/c1-7-31(32,33)23-12-9-13-24(17-23)35-30(37)28-21(6)34-29(36(28)38)22-14-15-25(18(2)3)26(16-22)27-19(4)10-8-11-20(27)5/h8-18,38H,7H2,1-6H3,(H,35,37). The number of benzene rings is 3. The molecule has 0 fully saturated rings. The van der Waals surface area contributed by atoms with Crippen LogP contribution >= 0.6 is 0 Å². The molecule has 3 aromatic carbocycles. The molecule has 0 unspecified atom stereocenters. The number of halogens is 2.